The van der Waals surface area contributed by atoms with E-state index in [1.807, 2.05) is 45.3 Å². The highest BCUT2D eigenvalue weighted by Gasteiger charge is 2.16. The average Bonchev–Trinajstić information content (AvgIpc) is 3.51. The fourth-order valence-electron chi connectivity index (χ4n) is 3.51. The molecule has 0 atom stereocenters. The highest BCUT2D eigenvalue weighted by Crippen LogP contribution is 2.49. The van der Waals surface area contributed by atoms with Gasteiger partial charge in [0.05, 0.1) is 18.8 Å². The van der Waals surface area contributed by atoms with Gasteiger partial charge in [-0.05, 0) is 35.4 Å². The van der Waals surface area contributed by atoms with Crippen LogP contribution in [0.4, 0.5) is 0 Å². The number of benzene rings is 2. The maximum absolute atomic E-state index is 2.34. The van der Waals surface area contributed by atoms with Crippen LogP contribution < -0.4 is 0 Å². The summed E-state index contributed by atoms with van der Waals surface area (Å²) in [5.41, 5.74) is 2.49. The summed E-state index contributed by atoms with van der Waals surface area (Å²) < 4.78 is 8.62. The van der Waals surface area contributed by atoms with Crippen molar-refractivity contribution in [3.05, 3.63) is 93.7 Å². The molecule has 0 saturated carbocycles. The topological polar surface area (TPSA) is 0 Å². The zero-order chi connectivity index (χ0) is 19.9. The molecule has 2 aromatic carbocycles. The van der Waals surface area contributed by atoms with Crippen LogP contribution in [0, 0.1) is 0 Å². The normalized spacial score (nSPS) is 12.4. The molecule has 0 bridgehead atoms. The summed E-state index contributed by atoms with van der Waals surface area (Å²) in [6.07, 6.45) is 8.87. The molecule has 4 heteroatoms. The third kappa shape index (κ3) is 3.36. The molecule has 0 fully saturated rings. The SMILES string of the molecule is C(=C\c1cc2sc3c4sc(/C=C/c5ccccc5)cc4sc3c2s1)/c1ccccc1. The zero-order valence-electron chi connectivity index (χ0n) is 15.9. The summed E-state index contributed by atoms with van der Waals surface area (Å²) in [4.78, 5) is 2.65. The summed E-state index contributed by atoms with van der Waals surface area (Å²) in [7, 11) is 0. The standard InChI is InChI=1S/C26H16S4/c1-3-7-17(8-4-1)11-13-19-15-21-23(27-19)25-26(29-21)24-22(30-25)16-20(28-24)14-12-18-9-5-2-6-10-18/h1-16H/b13-11+,14-12+. The Morgan fingerprint density at radius 2 is 0.867 bits per heavy atom. The molecule has 4 aromatic heterocycles. The van der Waals surface area contributed by atoms with Gasteiger partial charge in [-0.1, -0.05) is 72.8 Å². The fraction of sp³-hybridized carbons (Fsp3) is 0. The van der Waals surface area contributed by atoms with Crippen molar-refractivity contribution in [3.63, 3.8) is 0 Å². The molecule has 0 radical (unpaired) electrons. The molecule has 4 heterocycles. The van der Waals surface area contributed by atoms with Gasteiger partial charge in [-0.15, -0.1) is 45.3 Å². The molecule has 0 aliphatic carbocycles. The molecule has 6 aromatic rings. The van der Waals surface area contributed by atoms with Crippen molar-refractivity contribution < 1.29 is 0 Å². The Bertz CT molecular complexity index is 1400. The lowest BCUT2D eigenvalue weighted by Crippen LogP contribution is -1.67. The van der Waals surface area contributed by atoms with E-state index in [2.05, 4.69) is 97.1 Å². The van der Waals surface area contributed by atoms with E-state index in [1.165, 1.54) is 49.1 Å². The summed E-state index contributed by atoms with van der Waals surface area (Å²) in [5, 5.41) is 0. The zero-order valence-corrected chi connectivity index (χ0v) is 19.1. The van der Waals surface area contributed by atoms with E-state index in [1.54, 1.807) is 0 Å². The monoisotopic (exact) mass is 456 g/mol. The Balaban J connectivity index is 1.34. The highest BCUT2D eigenvalue weighted by atomic mass is 32.1. The van der Waals surface area contributed by atoms with E-state index < -0.39 is 0 Å². The minimum atomic E-state index is 1.24. The van der Waals surface area contributed by atoms with Gasteiger partial charge in [0.15, 0.2) is 0 Å². The lowest BCUT2D eigenvalue weighted by molar-refractivity contribution is 1.67. The average molecular weight is 457 g/mol. The molecule has 30 heavy (non-hydrogen) atoms. The van der Waals surface area contributed by atoms with Crippen LogP contribution in [0.3, 0.4) is 0 Å². The van der Waals surface area contributed by atoms with Crippen molar-refractivity contribution in [1.82, 2.24) is 0 Å². The van der Waals surface area contributed by atoms with Crippen LogP contribution in [-0.2, 0) is 0 Å². The predicted molar refractivity (Wildman–Crippen MR) is 141 cm³/mol. The molecule has 0 spiro atoms. The van der Waals surface area contributed by atoms with Gasteiger partial charge in [0.25, 0.3) is 0 Å². The van der Waals surface area contributed by atoms with E-state index in [0.717, 1.165) is 0 Å². The Labute approximate surface area is 190 Å². The molecule has 0 N–H and O–H groups in total. The second-order valence-corrected chi connectivity index (χ2v) is 11.3. The van der Waals surface area contributed by atoms with E-state index in [4.69, 9.17) is 0 Å². The first kappa shape index (κ1) is 18.3. The molecule has 0 saturated heterocycles. The van der Waals surface area contributed by atoms with Crippen molar-refractivity contribution in [2.45, 2.75) is 0 Å². The second-order valence-electron chi connectivity index (χ2n) is 7.03. The van der Waals surface area contributed by atoms with Crippen LogP contribution >= 0.6 is 45.3 Å². The van der Waals surface area contributed by atoms with Gasteiger partial charge in [0, 0.05) is 19.2 Å². The smallest absolute Gasteiger partial charge is 0.0650 e. The fourth-order valence-corrected chi connectivity index (χ4v) is 8.97. The quantitative estimate of drug-likeness (QED) is 0.248. The largest absolute Gasteiger partial charge is 0.133 e. The lowest BCUT2D eigenvalue weighted by Gasteiger charge is -1.90. The Kier molecular flexibility index (Phi) is 4.65. The van der Waals surface area contributed by atoms with E-state index in [9.17, 15) is 0 Å². The van der Waals surface area contributed by atoms with Crippen molar-refractivity contribution in [3.8, 4) is 0 Å². The van der Waals surface area contributed by atoms with Crippen LogP contribution in [-0.4, -0.2) is 0 Å². The molecule has 0 amide bonds. The van der Waals surface area contributed by atoms with Gasteiger partial charge in [-0.25, -0.2) is 0 Å². The summed E-state index contributed by atoms with van der Waals surface area (Å²) in [6.45, 7) is 0. The van der Waals surface area contributed by atoms with Crippen LogP contribution in [0.2, 0.25) is 0 Å². The van der Waals surface area contributed by atoms with Crippen molar-refractivity contribution >= 4 is 97.9 Å². The number of rotatable bonds is 4. The lowest BCUT2D eigenvalue weighted by atomic mass is 10.2. The van der Waals surface area contributed by atoms with Crippen molar-refractivity contribution in [2.75, 3.05) is 0 Å². The van der Waals surface area contributed by atoms with Gasteiger partial charge in [-0.2, -0.15) is 0 Å². The minimum Gasteiger partial charge on any atom is -0.133 e. The third-order valence-corrected chi connectivity index (χ3v) is 10.1. The Morgan fingerprint density at radius 1 is 0.433 bits per heavy atom. The molecule has 0 aliphatic heterocycles. The van der Waals surface area contributed by atoms with Crippen LogP contribution in [0.1, 0.15) is 20.9 Å². The number of thiophene rings is 4. The molecular weight excluding hydrogens is 441 g/mol. The number of fused-ring (bicyclic) bond motifs is 5. The summed E-state index contributed by atoms with van der Waals surface area (Å²) in [6, 6.07) is 25.7. The van der Waals surface area contributed by atoms with E-state index in [0.29, 0.717) is 0 Å². The molecule has 0 nitrogen and oxygen atoms in total. The summed E-state index contributed by atoms with van der Waals surface area (Å²) in [5.74, 6) is 0. The maximum Gasteiger partial charge on any atom is 0.0650 e. The number of hydrogen-bond acceptors (Lipinski definition) is 4. The number of hydrogen-bond donors (Lipinski definition) is 0. The molecule has 0 unspecified atom stereocenters. The maximum atomic E-state index is 2.34. The Hall–Kier alpha value is -2.50. The molecule has 6 rings (SSSR count). The van der Waals surface area contributed by atoms with Gasteiger partial charge in [0.1, 0.15) is 0 Å². The van der Waals surface area contributed by atoms with Gasteiger partial charge in [0.2, 0.25) is 0 Å². The Morgan fingerprint density at radius 3 is 1.30 bits per heavy atom. The first-order valence-corrected chi connectivity index (χ1v) is 12.9. The van der Waals surface area contributed by atoms with Gasteiger partial charge < -0.3 is 0 Å². The van der Waals surface area contributed by atoms with Crippen molar-refractivity contribution in [1.29, 1.82) is 0 Å². The third-order valence-electron chi connectivity index (χ3n) is 4.96. The highest BCUT2D eigenvalue weighted by molar-refractivity contribution is 7.44. The van der Waals surface area contributed by atoms with Gasteiger partial charge >= 0.3 is 0 Å². The van der Waals surface area contributed by atoms with Crippen molar-refractivity contribution in [2.24, 2.45) is 0 Å². The van der Waals surface area contributed by atoms with E-state index in [-0.39, 0.29) is 0 Å². The molecule has 144 valence electrons. The van der Waals surface area contributed by atoms with E-state index >= 15 is 0 Å². The van der Waals surface area contributed by atoms with Crippen LogP contribution in [0.5, 0.6) is 0 Å². The van der Waals surface area contributed by atoms with Crippen LogP contribution in [0.15, 0.2) is 72.8 Å². The summed E-state index contributed by atoms with van der Waals surface area (Å²) >= 11 is 7.70. The molecule has 0 aliphatic rings. The molecular formula is C26H16S4. The predicted octanol–water partition coefficient (Wildman–Crippen LogP) is 9.73. The first-order chi connectivity index (χ1) is 14.8. The van der Waals surface area contributed by atoms with Gasteiger partial charge in [-0.3, -0.25) is 0 Å². The first-order valence-electron chi connectivity index (χ1n) is 9.68. The second kappa shape index (κ2) is 7.64. The van der Waals surface area contributed by atoms with Crippen LogP contribution in [0.25, 0.3) is 52.5 Å². The minimum absolute atomic E-state index is 1.24.